The second-order valence-electron chi connectivity index (χ2n) is 9.42. The third kappa shape index (κ3) is 5.44. The minimum Gasteiger partial charge on any atom is -0.353 e. The standard InChI is InChI=1S/C26H27ClF4N6/c1-17-5-2-3-10-37(17)25-33-22(18-7-8-21(28)20(27)15-18)16-23(34-25)35-11-13-36(14-12-35)24-19(26(29,30)31)6-4-9-32-24/h4,6-9,15-17H,2-3,5,10-14H2,1H3. The van der Waals surface area contributed by atoms with E-state index in [1.54, 1.807) is 17.0 Å². The van der Waals surface area contributed by atoms with Gasteiger partial charge in [-0.1, -0.05) is 11.6 Å². The molecule has 5 rings (SSSR count). The molecule has 1 aromatic carbocycles. The minimum absolute atomic E-state index is 0.00926. The van der Waals surface area contributed by atoms with Crippen LogP contribution < -0.4 is 14.7 Å². The van der Waals surface area contributed by atoms with Crippen molar-refractivity contribution in [2.45, 2.75) is 38.4 Å². The third-order valence-corrected chi connectivity index (χ3v) is 7.26. The summed E-state index contributed by atoms with van der Waals surface area (Å²) in [7, 11) is 0. The van der Waals surface area contributed by atoms with Crippen molar-refractivity contribution in [2.24, 2.45) is 0 Å². The Hall–Kier alpha value is -3.14. The van der Waals surface area contributed by atoms with Gasteiger partial charge in [0.2, 0.25) is 5.95 Å². The number of aromatic nitrogens is 3. The molecule has 0 aliphatic carbocycles. The molecule has 0 saturated carbocycles. The van der Waals surface area contributed by atoms with Crippen LogP contribution in [0.2, 0.25) is 5.02 Å². The van der Waals surface area contributed by atoms with Crippen molar-refractivity contribution in [1.82, 2.24) is 15.0 Å². The first-order chi connectivity index (χ1) is 17.7. The Morgan fingerprint density at radius 3 is 2.41 bits per heavy atom. The second-order valence-corrected chi connectivity index (χ2v) is 9.83. The van der Waals surface area contributed by atoms with Crippen LogP contribution >= 0.6 is 11.6 Å². The van der Waals surface area contributed by atoms with Crippen LogP contribution in [-0.2, 0) is 6.18 Å². The first-order valence-electron chi connectivity index (χ1n) is 12.3. The molecule has 4 heterocycles. The molecule has 2 aliphatic rings. The van der Waals surface area contributed by atoms with Gasteiger partial charge in [0, 0.05) is 56.6 Å². The van der Waals surface area contributed by atoms with Crippen molar-refractivity contribution in [3.63, 3.8) is 0 Å². The fourth-order valence-electron chi connectivity index (χ4n) is 4.93. The molecule has 11 heteroatoms. The average Bonchev–Trinajstić information content (AvgIpc) is 2.90. The largest absolute Gasteiger partial charge is 0.419 e. The molecule has 2 saturated heterocycles. The Kier molecular flexibility index (Phi) is 7.11. The second kappa shape index (κ2) is 10.3. The Balaban J connectivity index is 1.44. The van der Waals surface area contributed by atoms with Gasteiger partial charge in [-0.3, -0.25) is 0 Å². The van der Waals surface area contributed by atoms with E-state index in [2.05, 4.69) is 16.8 Å². The van der Waals surface area contributed by atoms with Crippen molar-refractivity contribution < 1.29 is 17.6 Å². The van der Waals surface area contributed by atoms with E-state index in [0.717, 1.165) is 31.9 Å². The average molecular weight is 535 g/mol. The maximum absolute atomic E-state index is 13.8. The van der Waals surface area contributed by atoms with Crippen LogP contribution in [0, 0.1) is 5.82 Å². The number of rotatable bonds is 4. The van der Waals surface area contributed by atoms with Crippen LogP contribution in [0.25, 0.3) is 11.3 Å². The van der Waals surface area contributed by atoms with E-state index in [-0.39, 0.29) is 16.9 Å². The zero-order valence-corrected chi connectivity index (χ0v) is 21.1. The van der Waals surface area contributed by atoms with Gasteiger partial charge in [-0.25, -0.2) is 14.4 Å². The summed E-state index contributed by atoms with van der Waals surface area (Å²) in [6.07, 6.45) is 0.134. The highest BCUT2D eigenvalue weighted by Crippen LogP contribution is 2.36. The van der Waals surface area contributed by atoms with Gasteiger partial charge in [0.1, 0.15) is 17.5 Å². The summed E-state index contributed by atoms with van der Waals surface area (Å²) < 4.78 is 54.4. The number of halogens is 5. The summed E-state index contributed by atoms with van der Waals surface area (Å²) in [4.78, 5) is 19.6. The molecule has 3 aromatic rings. The highest BCUT2D eigenvalue weighted by Gasteiger charge is 2.36. The number of hydrogen-bond donors (Lipinski definition) is 0. The summed E-state index contributed by atoms with van der Waals surface area (Å²) in [6.45, 7) is 4.62. The van der Waals surface area contributed by atoms with Crippen molar-refractivity contribution >= 4 is 29.2 Å². The van der Waals surface area contributed by atoms with Crippen LogP contribution in [0.15, 0.2) is 42.6 Å². The fourth-order valence-corrected chi connectivity index (χ4v) is 5.11. The molecule has 0 bridgehead atoms. The van der Waals surface area contributed by atoms with Crippen LogP contribution in [0.3, 0.4) is 0 Å². The molecule has 0 radical (unpaired) electrons. The predicted molar refractivity (Wildman–Crippen MR) is 137 cm³/mol. The number of benzene rings is 1. The van der Waals surface area contributed by atoms with Crippen LogP contribution in [0.5, 0.6) is 0 Å². The summed E-state index contributed by atoms with van der Waals surface area (Å²) in [5, 5.41) is 0.00926. The summed E-state index contributed by atoms with van der Waals surface area (Å²) in [5.41, 5.74) is 0.552. The van der Waals surface area contributed by atoms with E-state index in [0.29, 0.717) is 49.2 Å². The van der Waals surface area contributed by atoms with Gasteiger partial charge < -0.3 is 14.7 Å². The van der Waals surface area contributed by atoms with Gasteiger partial charge in [-0.2, -0.15) is 18.2 Å². The normalized spacial score (nSPS) is 18.9. The lowest BCUT2D eigenvalue weighted by atomic mass is 10.0. The van der Waals surface area contributed by atoms with Crippen molar-refractivity contribution in [3.05, 3.63) is 59.0 Å². The molecule has 2 aromatic heterocycles. The molecule has 2 fully saturated rings. The van der Waals surface area contributed by atoms with Crippen molar-refractivity contribution in [3.8, 4) is 11.3 Å². The van der Waals surface area contributed by atoms with Gasteiger partial charge in [-0.05, 0) is 56.5 Å². The lowest BCUT2D eigenvalue weighted by Gasteiger charge is -2.38. The highest BCUT2D eigenvalue weighted by molar-refractivity contribution is 6.31. The van der Waals surface area contributed by atoms with Gasteiger partial charge in [0.05, 0.1) is 16.3 Å². The Morgan fingerprint density at radius 1 is 0.946 bits per heavy atom. The number of hydrogen-bond acceptors (Lipinski definition) is 6. The molecule has 0 amide bonds. The number of pyridine rings is 1. The van der Waals surface area contributed by atoms with Gasteiger partial charge >= 0.3 is 6.18 Å². The van der Waals surface area contributed by atoms with Crippen LogP contribution in [-0.4, -0.2) is 53.7 Å². The zero-order chi connectivity index (χ0) is 26.2. The highest BCUT2D eigenvalue weighted by atomic mass is 35.5. The predicted octanol–water partition coefficient (Wildman–Crippen LogP) is 6.06. The number of anilines is 3. The quantitative estimate of drug-likeness (QED) is 0.379. The number of piperazine rings is 1. The van der Waals surface area contributed by atoms with E-state index in [1.165, 1.54) is 18.3 Å². The fraction of sp³-hybridized carbons (Fsp3) is 0.423. The Bertz CT molecular complexity index is 1260. The van der Waals surface area contributed by atoms with E-state index >= 15 is 0 Å². The lowest BCUT2D eigenvalue weighted by Crippen LogP contribution is -2.48. The van der Waals surface area contributed by atoms with Gasteiger partial charge in [0.15, 0.2) is 0 Å². The molecule has 0 spiro atoms. The lowest BCUT2D eigenvalue weighted by molar-refractivity contribution is -0.137. The van der Waals surface area contributed by atoms with E-state index in [1.807, 2.05) is 11.0 Å². The smallest absolute Gasteiger partial charge is 0.353 e. The monoisotopic (exact) mass is 534 g/mol. The molecular formula is C26H27ClF4N6. The molecule has 37 heavy (non-hydrogen) atoms. The van der Waals surface area contributed by atoms with Crippen molar-refractivity contribution in [2.75, 3.05) is 47.4 Å². The van der Waals surface area contributed by atoms with Crippen LogP contribution in [0.4, 0.5) is 35.1 Å². The van der Waals surface area contributed by atoms with Crippen molar-refractivity contribution in [1.29, 1.82) is 0 Å². The van der Waals surface area contributed by atoms with E-state index < -0.39 is 17.6 Å². The summed E-state index contributed by atoms with van der Waals surface area (Å²) >= 11 is 6.05. The first-order valence-corrected chi connectivity index (χ1v) is 12.7. The molecule has 0 N–H and O–H groups in total. The molecular weight excluding hydrogens is 508 g/mol. The van der Waals surface area contributed by atoms with Crippen LogP contribution in [0.1, 0.15) is 31.7 Å². The first kappa shape index (κ1) is 25.5. The number of alkyl halides is 3. The molecule has 1 unspecified atom stereocenters. The number of nitrogens with zero attached hydrogens (tertiary/aromatic N) is 6. The number of piperidine rings is 1. The topological polar surface area (TPSA) is 48.4 Å². The van der Waals surface area contributed by atoms with E-state index in [9.17, 15) is 17.6 Å². The SMILES string of the molecule is CC1CCCCN1c1nc(-c2ccc(F)c(Cl)c2)cc(N2CCN(c3ncccc3C(F)(F)F)CC2)n1. The Labute approximate surface area is 217 Å². The Morgan fingerprint density at radius 2 is 1.70 bits per heavy atom. The van der Waals surface area contributed by atoms with E-state index in [4.69, 9.17) is 21.6 Å². The maximum atomic E-state index is 13.8. The minimum atomic E-state index is -4.47. The maximum Gasteiger partial charge on any atom is 0.419 e. The third-order valence-electron chi connectivity index (χ3n) is 6.97. The molecule has 2 aliphatic heterocycles. The zero-order valence-electron chi connectivity index (χ0n) is 20.3. The molecule has 6 nitrogen and oxygen atoms in total. The molecule has 1 atom stereocenters. The summed E-state index contributed by atoms with van der Waals surface area (Å²) in [5.74, 6) is 0.705. The summed E-state index contributed by atoms with van der Waals surface area (Å²) in [6, 6.07) is 8.96. The van der Waals surface area contributed by atoms with Gasteiger partial charge in [0.25, 0.3) is 0 Å². The van der Waals surface area contributed by atoms with Gasteiger partial charge in [-0.15, -0.1) is 0 Å². The molecule has 196 valence electrons.